The number of ether oxygens (including phenoxy) is 1. The minimum Gasteiger partial charge on any atom is -0.454 e. The summed E-state index contributed by atoms with van der Waals surface area (Å²) in [6, 6.07) is 13.8. The third kappa shape index (κ3) is 3.77. The minimum absolute atomic E-state index is 0.0596. The third-order valence-corrected chi connectivity index (χ3v) is 5.38. The molecule has 0 spiro atoms. The van der Waals surface area contributed by atoms with Crippen LogP contribution >= 0.6 is 23.4 Å². The van der Waals surface area contributed by atoms with E-state index in [0.29, 0.717) is 10.1 Å². The Morgan fingerprint density at radius 2 is 2.04 bits per heavy atom. The summed E-state index contributed by atoms with van der Waals surface area (Å²) in [5.74, 6) is -1.34. The lowest BCUT2D eigenvalue weighted by atomic mass is 10.2. The van der Waals surface area contributed by atoms with Gasteiger partial charge in [-0.25, -0.2) is 4.79 Å². The van der Waals surface area contributed by atoms with Crippen LogP contribution in [0.2, 0.25) is 5.02 Å². The highest BCUT2D eigenvalue weighted by molar-refractivity contribution is 8.03. The van der Waals surface area contributed by atoms with Crippen LogP contribution in [0.25, 0.3) is 0 Å². The normalized spacial score (nSPS) is 14.3. The standard InChI is InChI=1S/C19H14ClN3O3S/c1-23-15-4-2-3-5-17(15)27-18(23)13(9-21)16(24)10-26-19(25)12-7-6-11(20)8-14(12)22/h2-8H,10,22H2,1H3/b18-13-. The molecular formula is C19H14ClN3O3S. The number of halogens is 1. The lowest BCUT2D eigenvalue weighted by Gasteiger charge is -2.14. The van der Waals surface area contributed by atoms with Gasteiger partial charge in [-0.2, -0.15) is 5.26 Å². The molecule has 3 rings (SSSR count). The number of anilines is 2. The number of fused-ring (bicyclic) bond motifs is 1. The number of esters is 1. The molecule has 2 aromatic rings. The number of Topliss-reactive ketones (excluding diaryl/α,β-unsaturated/α-hetero) is 1. The Morgan fingerprint density at radius 1 is 1.30 bits per heavy atom. The van der Waals surface area contributed by atoms with Gasteiger partial charge in [-0.05, 0) is 30.3 Å². The van der Waals surface area contributed by atoms with Crippen LogP contribution < -0.4 is 10.6 Å². The van der Waals surface area contributed by atoms with Gasteiger partial charge < -0.3 is 15.4 Å². The number of hydrogen-bond donors (Lipinski definition) is 1. The Labute approximate surface area is 165 Å². The van der Waals surface area contributed by atoms with E-state index in [2.05, 4.69) is 0 Å². The molecule has 27 heavy (non-hydrogen) atoms. The SMILES string of the molecule is CN1/C(=C(\C#N)C(=O)COC(=O)c2ccc(Cl)cc2N)Sc2ccccc21. The van der Waals surface area contributed by atoms with Crippen molar-refractivity contribution in [2.24, 2.45) is 0 Å². The second-order valence-electron chi connectivity index (χ2n) is 5.65. The van der Waals surface area contributed by atoms with Crippen LogP contribution in [0.1, 0.15) is 10.4 Å². The lowest BCUT2D eigenvalue weighted by Crippen LogP contribution is -2.20. The summed E-state index contributed by atoms with van der Waals surface area (Å²) in [6.07, 6.45) is 0. The number of nitrogen functional groups attached to an aromatic ring is 1. The number of carbonyl (C=O) groups is 2. The molecule has 8 heteroatoms. The Morgan fingerprint density at radius 3 is 2.70 bits per heavy atom. The summed E-state index contributed by atoms with van der Waals surface area (Å²) in [5.41, 5.74) is 6.85. The summed E-state index contributed by atoms with van der Waals surface area (Å²) < 4.78 is 5.04. The van der Waals surface area contributed by atoms with Gasteiger partial charge in [0.25, 0.3) is 0 Å². The van der Waals surface area contributed by atoms with Gasteiger partial charge in [-0.15, -0.1) is 0 Å². The van der Waals surface area contributed by atoms with Crippen LogP contribution in [0.3, 0.4) is 0 Å². The Hall–Kier alpha value is -2.95. The van der Waals surface area contributed by atoms with Crippen molar-refractivity contribution in [3.8, 4) is 6.07 Å². The number of nitriles is 1. The highest BCUT2D eigenvalue weighted by Gasteiger charge is 2.28. The first-order valence-electron chi connectivity index (χ1n) is 7.82. The molecule has 6 nitrogen and oxygen atoms in total. The van der Waals surface area contributed by atoms with Gasteiger partial charge >= 0.3 is 5.97 Å². The summed E-state index contributed by atoms with van der Waals surface area (Å²) in [5, 5.41) is 10.4. The van der Waals surface area contributed by atoms with Gasteiger partial charge in [0.1, 0.15) is 16.7 Å². The number of para-hydroxylation sites is 1. The number of nitrogens with two attached hydrogens (primary N) is 1. The van der Waals surface area contributed by atoms with E-state index in [1.807, 2.05) is 30.3 Å². The highest BCUT2D eigenvalue weighted by Crippen LogP contribution is 2.46. The molecule has 0 amide bonds. The molecule has 1 aliphatic rings. The van der Waals surface area contributed by atoms with Crippen molar-refractivity contribution < 1.29 is 14.3 Å². The average molecular weight is 400 g/mol. The van der Waals surface area contributed by atoms with Crippen LogP contribution in [0.15, 0.2) is 58.0 Å². The van der Waals surface area contributed by atoms with E-state index in [4.69, 9.17) is 22.1 Å². The van der Waals surface area contributed by atoms with Crippen molar-refractivity contribution in [2.75, 3.05) is 24.3 Å². The first-order valence-corrected chi connectivity index (χ1v) is 9.02. The molecule has 2 N–H and O–H groups in total. The number of rotatable bonds is 4. The second-order valence-corrected chi connectivity index (χ2v) is 7.12. The zero-order valence-electron chi connectivity index (χ0n) is 14.2. The predicted molar refractivity (Wildman–Crippen MR) is 104 cm³/mol. The molecule has 136 valence electrons. The van der Waals surface area contributed by atoms with Gasteiger partial charge in [0.15, 0.2) is 6.61 Å². The van der Waals surface area contributed by atoms with Gasteiger partial charge in [-0.1, -0.05) is 35.5 Å². The summed E-state index contributed by atoms with van der Waals surface area (Å²) in [7, 11) is 1.78. The third-order valence-electron chi connectivity index (χ3n) is 3.91. The second kappa shape index (κ2) is 7.74. The Balaban J connectivity index is 1.75. The fourth-order valence-corrected chi connectivity index (χ4v) is 3.89. The average Bonchev–Trinajstić information content (AvgIpc) is 2.97. The van der Waals surface area contributed by atoms with E-state index in [1.54, 1.807) is 11.9 Å². The topological polar surface area (TPSA) is 96.4 Å². The summed E-state index contributed by atoms with van der Waals surface area (Å²) in [4.78, 5) is 27.3. The number of benzene rings is 2. The van der Waals surface area contributed by atoms with Crippen molar-refractivity contribution in [2.45, 2.75) is 4.90 Å². The molecule has 0 unspecified atom stereocenters. The molecular weight excluding hydrogens is 386 g/mol. The number of ketones is 1. The maximum Gasteiger partial charge on any atom is 0.340 e. The van der Waals surface area contributed by atoms with E-state index < -0.39 is 18.4 Å². The Kier molecular flexibility index (Phi) is 5.40. The zero-order valence-corrected chi connectivity index (χ0v) is 15.8. The number of thioether (sulfide) groups is 1. The lowest BCUT2D eigenvalue weighted by molar-refractivity contribution is -0.118. The molecule has 0 aliphatic carbocycles. The van der Waals surface area contributed by atoms with Crippen LogP contribution in [-0.4, -0.2) is 25.4 Å². The maximum atomic E-state index is 12.5. The smallest absolute Gasteiger partial charge is 0.340 e. The first kappa shape index (κ1) is 18.8. The number of nitrogens with zero attached hydrogens (tertiary/aromatic N) is 2. The highest BCUT2D eigenvalue weighted by atomic mass is 35.5. The van der Waals surface area contributed by atoms with Gasteiger partial charge in [-0.3, -0.25) is 4.79 Å². The summed E-state index contributed by atoms with van der Waals surface area (Å²) in [6.45, 7) is -0.558. The molecule has 1 heterocycles. The number of carbonyl (C=O) groups excluding carboxylic acids is 2. The minimum atomic E-state index is -0.754. The Bertz CT molecular complexity index is 1010. The maximum absolute atomic E-state index is 12.5. The van der Waals surface area contributed by atoms with Gasteiger partial charge in [0.2, 0.25) is 5.78 Å². The number of hydrogen-bond acceptors (Lipinski definition) is 7. The van der Waals surface area contributed by atoms with Crippen molar-refractivity contribution in [3.63, 3.8) is 0 Å². The monoisotopic (exact) mass is 399 g/mol. The van der Waals surface area contributed by atoms with Crippen LogP contribution in [-0.2, 0) is 9.53 Å². The zero-order chi connectivity index (χ0) is 19.6. The molecule has 0 atom stereocenters. The van der Waals surface area contributed by atoms with Gasteiger partial charge in [0.05, 0.1) is 11.3 Å². The van der Waals surface area contributed by atoms with Crippen LogP contribution in [0, 0.1) is 11.3 Å². The molecule has 0 aromatic heterocycles. The largest absolute Gasteiger partial charge is 0.454 e. The molecule has 1 aliphatic heterocycles. The van der Waals surface area contributed by atoms with E-state index in [0.717, 1.165) is 10.6 Å². The molecule has 0 fully saturated rings. The van der Waals surface area contributed by atoms with E-state index in [-0.39, 0.29) is 16.8 Å². The van der Waals surface area contributed by atoms with Gasteiger partial charge in [0, 0.05) is 22.7 Å². The van der Waals surface area contributed by atoms with Crippen LogP contribution in [0.5, 0.6) is 0 Å². The predicted octanol–water partition coefficient (Wildman–Crippen LogP) is 3.63. The van der Waals surface area contributed by atoms with E-state index >= 15 is 0 Å². The van der Waals surface area contributed by atoms with Crippen molar-refractivity contribution in [1.82, 2.24) is 0 Å². The fourth-order valence-electron chi connectivity index (χ4n) is 2.55. The molecule has 2 aromatic carbocycles. The van der Waals surface area contributed by atoms with Crippen LogP contribution in [0.4, 0.5) is 11.4 Å². The van der Waals surface area contributed by atoms with Crippen molar-refractivity contribution in [1.29, 1.82) is 5.26 Å². The summed E-state index contributed by atoms with van der Waals surface area (Å²) >= 11 is 7.13. The molecule has 0 bridgehead atoms. The quantitative estimate of drug-likeness (QED) is 0.363. The fraction of sp³-hybridized carbons (Fsp3) is 0.105. The van der Waals surface area contributed by atoms with Crippen molar-refractivity contribution >= 4 is 46.5 Å². The van der Waals surface area contributed by atoms with E-state index in [1.165, 1.54) is 30.0 Å². The molecule has 0 radical (unpaired) electrons. The molecule has 0 saturated carbocycles. The van der Waals surface area contributed by atoms with E-state index in [9.17, 15) is 14.9 Å². The molecule has 0 saturated heterocycles. The first-order chi connectivity index (χ1) is 12.9. The van der Waals surface area contributed by atoms with Crippen molar-refractivity contribution in [3.05, 3.63) is 63.7 Å².